The van der Waals surface area contributed by atoms with Crippen LogP contribution in [0.25, 0.3) is 238 Å². The van der Waals surface area contributed by atoms with Crippen molar-refractivity contribution in [3.8, 4) is 119 Å². The number of rotatable bonds is 12. The van der Waals surface area contributed by atoms with E-state index in [9.17, 15) is 0 Å². The van der Waals surface area contributed by atoms with E-state index in [1.807, 2.05) is 121 Å². The zero-order valence-corrected chi connectivity index (χ0v) is 70.0. The van der Waals surface area contributed by atoms with Crippen molar-refractivity contribution in [2.75, 3.05) is 0 Å². The van der Waals surface area contributed by atoms with E-state index in [2.05, 4.69) is 359 Å². The molecule has 5 aromatic heterocycles. The standard InChI is InChI=1S/C45H29N5.C42H26.C33H22N4/c1-3-15-30(16-4-1)43-46-44(31-17-5-2-6-18-31)48-45(47-43)32-27-33(49-39-23-11-7-19-35(39)36-20-8-12-24-40(36)49)29-34(28-32)50-41-25-13-9-21-37(41)38-22-10-14-26-42(38)50;1-2-8-33-26-34(17-12-27(33)6-1)38-23-19-32-20-24-39-37(22-18-31-21-25-40(38)42(32)41(31)39)30-15-13-29(14-16-30)36-11-5-9-28-7-3-4-10-35(28)36;1-3-12-23(13-4-1)31-34-32(24-14-5-2-6-15-24)36-33(35-31)25-16-11-17-26(22-25)37-29-20-9-7-18-27(29)28-19-8-10-21-30(28)37/h1-29H;1-26H;1-22H. The number of nitrogens with zero attached hydrogens (tertiary/aromatic N) is 9. The largest absolute Gasteiger partial charge is 0.309 e. The fraction of sp³-hybridized carbons (Fsp3) is 0. The third-order valence-electron chi connectivity index (χ3n) is 25.2. The summed E-state index contributed by atoms with van der Waals surface area (Å²) in [4.78, 5) is 29.9. The molecule has 129 heavy (non-hydrogen) atoms. The zero-order valence-electron chi connectivity index (χ0n) is 70.0. The second kappa shape index (κ2) is 32.0. The Labute approximate surface area is 743 Å². The Hall–Kier alpha value is -17.4. The molecule has 26 aromatic rings. The molecule has 9 nitrogen and oxygen atoms in total. The Bertz CT molecular complexity index is 8390. The third kappa shape index (κ3) is 13.6. The molecule has 0 aliphatic heterocycles. The average Bonchev–Trinajstić information content (AvgIpc) is 1.60. The summed E-state index contributed by atoms with van der Waals surface area (Å²) in [5.41, 5.74) is 23.3. The highest BCUT2D eigenvalue weighted by Gasteiger charge is 2.23. The monoisotopic (exact) mass is 1640 g/mol. The average molecular weight is 1640 g/mol. The fourth-order valence-corrected chi connectivity index (χ4v) is 19.2. The van der Waals surface area contributed by atoms with Crippen LogP contribution in [-0.4, -0.2) is 43.6 Å². The highest BCUT2D eigenvalue weighted by molar-refractivity contribution is 6.28. The molecule has 21 aromatic carbocycles. The fourth-order valence-electron chi connectivity index (χ4n) is 19.2. The highest BCUT2D eigenvalue weighted by atomic mass is 15.1. The highest BCUT2D eigenvalue weighted by Crippen LogP contribution is 2.46. The van der Waals surface area contributed by atoms with E-state index in [4.69, 9.17) is 29.9 Å². The lowest BCUT2D eigenvalue weighted by atomic mass is 9.87. The van der Waals surface area contributed by atoms with Crippen molar-refractivity contribution >= 4 is 119 Å². The summed E-state index contributed by atoms with van der Waals surface area (Å²) in [6, 6.07) is 165. The van der Waals surface area contributed by atoms with Gasteiger partial charge in [-0.3, -0.25) is 0 Å². The minimum Gasteiger partial charge on any atom is -0.309 e. The maximum Gasteiger partial charge on any atom is 0.164 e. The first-order valence-corrected chi connectivity index (χ1v) is 43.7. The van der Waals surface area contributed by atoms with Crippen molar-refractivity contribution < 1.29 is 0 Å². The molecule has 0 saturated carbocycles. The lowest BCUT2D eigenvalue weighted by Gasteiger charge is -2.17. The molecule has 0 radical (unpaired) electrons. The van der Waals surface area contributed by atoms with Crippen molar-refractivity contribution in [1.29, 1.82) is 0 Å². The number of aromatic nitrogens is 9. The molecule has 0 fully saturated rings. The van der Waals surface area contributed by atoms with Crippen LogP contribution >= 0.6 is 0 Å². The molecular weight excluding hydrogens is 1570 g/mol. The number of benzene rings is 21. The molecule has 0 N–H and O–H groups in total. The SMILES string of the molecule is c1ccc(-c2nc(-c3ccccc3)nc(-c3cc(-n4c5ccccc5c5ccccc54)cc(-n4c5ccccc5c5ccccc54)c3)n2)cc1.c1ccc(-c2nc(-c3ccccc3)nc(-c3cccc(-n4c5ccccc5c5ccccc54)c3)n2)cc1.c1ccc2cc(-c3ccc4ccc5c(-c6ccc(-c7cccc8ccccc78)cc6)ccc6ccc3c4c65)ccc2c1. The first-order chi connectivity index (χ1) is 64.0. The van der Waals surface area contributed by atoms with Crippen molar-refractivity contribution in [3.05, 3.63) is 467 Å². The summed E-state index contributed by atoms with van der Waals surface area (Å²) in [5.74, 6) is 3.85. The van der Waals surface area contributed by atoms with Crippen molar-refractivity contribution in [1.82, 2.24) is 43.6 Å². The molecule has 0 aliphatic rings. The van der Waals surface area contributed by atoms with Gasteiger partial charge in [0.2, 0.25) is 0 Å². The van der Waals surface area contributed by atoms with Crippen LogP contribution in [0.4, 0.5) is 0 Å². The van der Waals surface area contributed by atoms with Crippen molar-refractivity contribution in [2.24, 2.45) is 0 Å². The summed E-state index contributed by atoms with van der Waals surface area (Å²) in [6.45, 7) is 0. The van der Waals surface area contributed by atoms with Crippen molar-refractivity contribution in [3.63, 3.8) is 0 Å². The van der Waals surface area contributed by atoms with Gasteiger partial charge in [-0.25, -0.2) is 29.9 Å². The molecule has 0 atom stereocenters. The summed E-state index contributed by atoms with van der Waals surface area (Å²) in [6.07, 6.45) is 0. The summed E-state index contributed by atoms with van der Waals surface area (Å²) >= 11 is 0. The first kappa shape index (κ1) is 75.4. The summed E-state index contributed by atoms with van der Waals surface area (Å²) in [7, 11) is 0. The molecule has 5 heterocycles. The number of hydrogen-bond acceptors (Lipinski definition) is 6. The second-order valence-corrected chi connectivity index (χ2v) is 32.8. The number of para-hydroxylation sites is 6. The Morgan fingerprint density at radius 3 is 0.829 bits per heavy atom. The van der Waals surface area contributed by atoms with E-state index >= 15 is 0 Å². The van der Waals surface area contributed by atoms with E-state index in [1.165, 1.54) is 131 Å². The maximum atomic E-state index is 5.15. The van der Waals surface area contributed by atoms with Gasteiger partial charge in [0.15, 0.2) is 34.9 Å². The molecule has 0 spiro atoms. The van der Waals surface area contributed by atoms with Crippen LogP contribution in [-0.2, 0) is 0 Å². The molecule has 0 amide bonds. The molecular formula is C120H77N9. The van der Waals surface area contributed by atoms with Gasteiger partial charge in [0, 0.05) is 82.8 Å². The van der Waals surface area contributed by atoms with E-state index in [1.54, 1.807) is 0 Å². The predicted octanol–water partition coefficient (Wildman–Crippen LogP) is 30.9. The third-order valence-corrected chi connectivity index (χ3v) is 25.2. The van der Waals surface area contributed by atoms with Crippen LogP contribution in [0, 0.1) is 0 Å². The van der Waals surface area contributed by atoms with E-state index in [-0.39, 0.29) is 0 Å². The molecule has 0 bridgehead atoms. The van der Waals surface area contributed by atoms with Gasteiger partial charge in [-0.15, -0.1) is 0 Å². The lowest BCUT2D eigenvalue weighted by Crippen LogP contribution is -2.03. The first-order valence-electron chi connectivity index (χ1n) is 43.7. The number of fused-ring (bicyclic) bond motifs is 11. The number of hydrogen-bond donors (Lipinski definition) is 0. The van der Waals surface area contributed by atoms with E-state index in [0.29, 0.717) is 34.9 Å². The molecule has 9 heteroatoms. The molecule has 26 rings (SSSR count). The predicted molar refractivity (Wildman–Crippen MR) is 537 cm³/mol. The second-order valence-electron chi connectivity index (χ2n) is 32.8. The van der Waals surface area contributed by atoms with Gasteiger partial charge in [0.1, 0.15) is 0 Å². The molecule has 602 valence electrons. The van der Waals surface area contributed by atoms with Crippen LogP contribution in [0.3, 0.4) is 0 Å². The normalized spacial score (nSPS) is 11.6. The van der Waals surface area contributed by atoms with Gasteiger partial charge in [-0.1, -0.05) is 394 Å². The molecule has 0 unspecified atom stereocenters. The van der Waals surface area contributed by atoms with Crippen LogP contribution in [0.1, 0.15) is 0 Å². The Morgan fingerprint density at radius 1 is 0.132 bits per heavy atom. The maximum absolute atomic E-state index is 5.15. The van der Waals surface area contributed by atoms with E-state index in [0.717, 1.165) is 72.5 Å². The molecule has 0 aliphatic carbocycles. The minimum atomic E-state index is 0.613. The topological polar surface area (TPSA) is 92.1 Å². The van der Waals surface area contributed by atoms with Crippen LogP contribution in [0.2, 0.25) is 0 Å². The van der Waals surface area contributed by atoms with Gasteiger partial charge in [0.25, 0.3) is 0 Å². The van der Waals surface area contributed by atoms with Crippen LogP contribution in [0.5, 0.6) is 0 Å². The van der Waals surface area contributed by atoms with Gasteiger partial charge in [0.05, 0.1) is 33.1 Å². The van der Waals surface area contributed by atoms with E-state index < -0.39 is 0 Å². The minimum absolute atomic E-state index is 0.613. The zero-order chi connectivity index (χ0) is 85.2. The smallest absolute Gasteiger partial charge is 0.164 e. The Balaban J connectivity index is 0.000000109. The Kier molecular flexibility index (Phi) is 18.7. The van der Waals surface area contributed by atoms with Gasteiger partial charge >= 0.3 is 0 Å². The van der Waals surface area contributed by atoms with Crippen LogP contribution < -0.4 is 0 Å². The van der Waals surface area contributed by atoms with Gasteiger partial charge in [-0.05, 0) is 160 Å². The summed E-state index contributed by atoms with van der Waals surface area (Å²) < 4.78 is 7.04. The quantitative estimate of drug-likeness (QED) is 0.113. The van der Waals surface area contributed by atoms with Crippen molar-refractivity contribution in [2.45, 2.75) is 0 Å². The summed E-state index contributed by atoms with van der Waals surface area (Å²) in [5, 5.41) is 20.3. The Morgan fingerprint density at radius 2 is 0.411 bits per heavy atom. The van der Waals surface area contributed by atoms with Gasteiger partial charge < -0.3 is 13.7 Å². The van der Waals surface area contributed by atoms with Gasteiger partial charge in [-0.2, -0.15) is 0 Å². The molecule has 0 saturated heterocycles. The lowest BCUT2D eigenvalue weighted by molar-refractivity contribution is 1.07. The van der Waals surface area contributed by atoms with Crippen LogP contribution in [0.15, 0.2) is 467 Å².